The molecule has 0 bridgehead atoms. The third-order valence-corrected chi connectivity index (χ3v) is 6.22. The number of hydrogen-bond acceptors (Lipinski definition) is 4. The van der Waals surface area contributed by atoms with Crippen molar-refractivity contribution in [3.8, 4) is 0 Å². The molecule has 29 heavy (non-hydrogen) atoms. The molecule has 1 aromatic carbocycles. The van der Waals surface area contributed by atoms with Gasteiger partial charge in [-0.15, -0.1) is 11.3 Å². The van der Waals surface area contributed by atoms with E-state index in [0.29, 0.717) is 0 Å². The minimum atomic E-state index is -0.758. The van der Waals surface area contributed by atoms with E-state index in [1.807, 2.05) is 70.3 Å². The smallest absolute Gasteiger partial charge is 0.325 e. The second-order valence-corrected chi connectivity index (χ2v) is 9.46. The SMILES string of the molecule is Cc1cccc([C@H]2NC(=O)N(CC(=O)N[C@@H](c3cccs3)C(C)(C)C)C2=O)c1C. The zero-order chi connectivity index (χ0) is 21.3. The Balaban J connectivity index is 1.74. The van der Waals surface area contributed by atoms with Crippen LogP contribution in [0, 0.1) is 19.3 Å². The molecule has 6 nitrogen and oxygen atoms in total. The molecule has 2 atom stereocenters. The van der Waals surface area contributed by atoms with Gasteiger partial charge < -0.3 is 10.6 Å². The van der Waals surface area contributed by atoms with Crippen molar-refractivity contribution in [2.45, 2.75) is 46.7 Å². The quantitative estimate of drug-likeness (QED) is 0.731. The van der Waals surface area contributed by atoms with Crippen molar-refractivity contribution in [2.24, 2.45) is 5.41 Å². The summed E-state index contributed by atoms with van der Waals surface area (Å²) in [5.74, 6) is -0.759. The fourth-order valence-corrected chi connectivity index (χ4v) is 4.51. The standard InChI is InChI=1S/C22H27N3O3S/c1-13-8-6-9-15(14(13)2)18-20(27)25(21(28)24-18)12-17(26)23-19(22(3,4)5)16-10-7-11-29-16/h6-11,18-19H,12H2,1-5H3,(H,23,26)(H,24,28)/t18-,19+/m1/s1. The van der Waals surface area contributed by atoms with Gasteiger partial charge in [-0.3, -0.25) is 14.5 Å². The van der Waals surface area contributed by atoms with E-state index in [1.165, 1.54) is 0 Å². The van der Waals surface area contributed by atoms with Crippen LogP contribution in [-0.4, -0.2) is 29.3 Å². The first-order valence-electron chi connectivity index (χ1n) is 9.60. The van der Waals surface area contributed by atoms with E-state index in [1.54, 1.807) is 11.3 Å². The largest absolute Gasteiger partial charge is 0.346 e. The topological polar surface area (TPSA) is 78.5 Å². The first-order valence-corrected chi connectivity index (χ1v) is 10.5. The van der Waals surface area contributed by atoms with E-state index < -0.39 is 18.0 Å². The maximum atomic E-state index is 12.9. The number of thiophene rings is 1. The Morgan fingerprint density at radius 3 is 2.55 bits per heavy atom. The second-order valence-electron chi connectivity index (χ2n) is 8.48. The van der Waals surface area contributed by atoms with Gasteiger partial charge in [-0.2, -0.15) is 0 Å². The predicted octanol–water partition coefficient (Wildman–Crippen LogP) is 3.86. The molecule has 1 aliphatic rings. The lowest BCUT2D eigenvalue weighted by molar-refractivity contribution is -0.132. The van der Waals surface area contributed by atoms with Gasteiger partial charge in [-0.1, -0.05) is 45.0 Å². The van der Waals surface area contributed by atoms with Crippen LogP contribution in [0.25, 0.3) is 0 Å². The predicted molar refractivity (Wildman–Crippen MR) is 114 cm³/mol. The van der Waals surface area contributed by atoms with Gasteiger partial charge in [0.25, 0.3) is 5.91 Å². The zero-order valence-corrected chi connectivity index (χ0v) is 18.2. The highest BCUT2D eigenvalue weighted by Crippen LogP contribution is 2.35. The monoisotopic (exact) mass is 413 g/mol. The molecule has 1 aromatic heterocycles. The third kappa shape index (κ3) is 4.34. The number of hydrogen-bond donors (Lipinski definition) is 2. The minimum Gasteiger partial charge on any atom is -0.346 e. The molecule has 0 aliphatic carbocycles. The number of imide groups is 1. The van der Waals surface area contributed by atoms with E-state index in [4.69, 9.17) is 0 Å². The second kappa shape index (κ2) is 7.99. The molecular formula is C22H27N3O3S. The molecule has 2 N–H and O–H groups in total. The van der Waals surface area contributed by atoms with Gasteiger partial charge in [-0.05, 0) is 47.4 Å². The maximum Gasteiger partial charge on any atom is 0.325 e. The van der Waals surface area contributed by atoms with Crippen molar-refractivity contribution in [3.05, 3.63) is 57.3 Å². The first-order chi connectivity index (χ1) is 13.6. The number of aryl methyl sites for hydroxylation is 1. The Hall–Kier alpha value is -2.67. The van der Waals surface area contributed by atoms with Gasteiger partial charge in [0.15, 0.2) is 0 Å². The van der Waals surface area contributed by atoms with Crippen molar-refractivity contribution in [1.82, 2.24) is 15.5 Å². The fraction of sp³-hybridized carbons (Fsp3) is 0.409. The number of nitrogens with zero attached hydrogens (tertiary/aromatic N) is 1. The number of amides is 4. The minimum absolute atomic E-state index is 0.203. The van der Waals surface area contributed by atoms with E-state index in [0.717, 1.165) is 26.5 Å². The van der Waals surface area contributed by atoms with Crippen molar-refractivity contribution in [2.75, 3.05) is 6.54 Å². The maximum absolute atomic E-state index is 12.9. The fourth-order valence-electron chi connectivity index (χ4n) is 3.49. The van der Waals surface area contributed by atoms with Crippen LogP contribution in [0.15, 0.2) is 35.7 Å². The normalized spacial score (nSPS) is 18.0. The Bertz CT molecular complexity index is 931. The third-order valence-electron chi connectivity index (χ3n) is 5.28. The average molecular weight is 414 g/mol. The summed E-state index contributed by atoms with van der Waals surface area (Å²) in [5.41, 5.74) is 2.56. The van der Waals surface area contributed by atoms with Gasteiger partial charge in [0, 0.05) is 4.88 Å². The van der Waals surface area contributed by atoms with Crippen LogP contribution in [-0.2, 0) is 9.59 Å². The first kappa shape index (κ1) is 21.0. The number of urea groups is 1. The molecule has 1 fully saturated rings. The van der Waals surface area contributed by atoms with Crippen molar-refractivity contribution in [1.29, 1.82) is 0 Å². The highest BCUT2D eigenvalue weighted by molar-refractivity contribution is 7.10. The van der Waals surface area contributed by atoms with Gasteiger partial charge in [0.05, 0.1) is 6.04 Å². The van der Waals surface area contributed by atoms with Crippen LogP contribution in [0.1, 0.15) is 54.4 Å². The molecule has 0 spiro atoms. The van der Waals surface area contributed by atoms with Crippen LogP contribution in [0.4, 0.5) is 4.79 Å². The molecule has 2 heterocycles. The highest BCUT2D eigenvalue weighted by Gasteiger charge is 2.41. The number of carbonyl (C=O) groups is 3. The lowest BCUT2D eigenvalue weighted by Crippen LogP contribution is -2.44. The van der Waals surface area contributed by atoms with E-state index >= 15 is 0 Å². The Labute approximate surface area is 175 Å². The molecule has 3 rings (SSSR count). The van der Waals surface area contributed by atoms with Gasteiger partial charge >= 0.3 is 6.03 Å². The zero-order valence-electron chi connectivity index (χ0n) is 17.4. The Kier molecular flexibility index (Phi) is 5.80. The van der Waals surface area contributed by atoms with Gasteiger partial charge in [0.2, 0.25) is 5.91 Å². The summed E-state index contributed by atoms with van der Waals surface area (Å²) < 4.78 is 0. The summed E-state index contributed by atoms with van der Waals surface area (Å²) in [5, 5.41) is 7.68. The van der Waals surface area contributed by atoms with E-state index in [2.05, 4.69) is 10.6 Å². The lowest BCUT2D eigenvalue weighted by atomic mass is 9.85. The number of nitrogens with one attached hydrogen (secondary N) is 2. The highest BCUT2D eigenvalue weighted by atomic mass is 32.1. The number of carbonyl (C=O) groups excluding carboxylic acids is 3. The molecule has 2 aromatic rings. The number of benzene rings is 1. The molecule has 1 saturated heterocycles. The van der Waals surface area contributed by atoms with Gasteiger partial charge in [-0.25, -0.2) is 4.79 Å². The summed E-state index contributed by atoms with van der Waals surface area (Å²) in [7, 11) is 0. The summed E-state index contributed by atoms with van der Waals surface area (Å²) >= 11 is 1.57. The van der Waals surface area contributed by atoms with Crippen LogP contribution in [0.2, 0.25) is 0 Å². The number of rotatable bonds is 5. The molecule has 1 aliphatic heterocycles. The van der Waals surface area contributed by atoms with E-state index in [9.17, 15) is 14.4 Å². The summed E-state index contributed by atoms with van der Waals surface area (Å²) in [6.07, 6.45) is 0. The summed E-state index contributed by atoms with van der Waals surface area (Å²) in [6, 6.07) is 8.07. The lowest BCUT2D eigenvalue weighted by Gasteiger charge is -2.31. The molecule has 0 unspecified atom stereocenters. The van der Waals surface area contributed by atoms with Crippen LogP contribution >= 0.6 is 11.3 Å². The molecule has 0 radical (unpaired) electrons. The Morgan fingerprint density at radius 1 is 1.21 bits per heavy atom. The molecular weight excluding hydrogens is 386 g/mol. The molecule has 154 valence electrons. The molecule has 0 saturated carbocycles. The van der Waals surface area contributed by atoms with Crippen LogP contribution in [0.5, 0.6) is 0 Å². The summed E-state index contributed by atoms with van der Waals surface area (Å²) in [4.78, 5) is 40.1. The van der Waals surface area contributed by atoms with Crippen LogP contribution in [0.3, 0.4) is 0 Å². The van der Waals surface area contributed by atoms with Gasteiger partial charge in [0.1, 0.15) is 12.6 Å². The van der Waals surface area contributed by atoms with E-state index in [-0.39, 0.29) is 23.9 Å². The van der Waals surface area contributed by atoms with Crippen molar-refractivity contribution < 1.29 is 14.4 Å². The van der Waals surface area contributed by atoms with Crippen molar-refractivity contribution >= 4 is 29.2 Å². The average Bonchev–Trinajstić information content (AvgIpc) is 3.25. The van der Waals surface area contributed by atoms with Crippen LogP contribution < -0.4 is 10.6 Å². The summed E-state index contributed by atoms with van der Waals surface area (Å²) in [6.45, 7) is 9.71. The molecule has 4 amide bonds. The Morgan fingerprint density at radius 2 is 1.93 bits per heavy atom. The molecule has 7 heteroatoms. The van der Waals surface area contributed by atoms with Crippen molar-refractivity contribution in [3.63, 3.8) is 0 Å².